The number of hydrogen-bond donors (Lipinski definition) is 0. The molecule has 3 heteroatoms. The van der Waals surface area contributed by atoms with E-state index in [0.717, 1.165) is 25.0 Å². The van der Waals surface area contributed by atoms with E-state index >= 15 is 0 Å². The molecule has 1 aliphatic heterocycles. The van der Waals surface area contributed by atoms with Gasteiger partial charge in [0.25, 0.3) is 0 Å². The van der Waals surface area contributed by atoms with Crippen LogP contribution in [0.3, 0.4) is 0 Å². The molecule has 0 aromatic carbocycles. The number of alkyl halides is 1. The highest BCUT2D eigenvalue weighted by molar-refractivity contribution is 5.85. The molecule has 0 aromatic rings. The summed E-state index contributed by atoms with van der Waals surface area (Å²) >= 11 is 0. The van der Waals surface area contributed by atoms with Crippen molar-refractivity contribution in [2.75, 3.05) is 0 Å². The molecule has 1 rings (SSSR count). The molecule has 1 heterocycles. The Morgan fingerprint density at radius 1 is 1.17 bits per heavy atom. The van der Waals surface area contributed by atoms with Crippen LogP contribution >= 0.6 is 0 Å². The Labute approximate surface area is 111 Å². The van der Waals surface area contributed by atoms with Gasteiger partial charge >= 0.3 is 0 Å². The number of rotatable bonds is 10. The van der Waals surface area contributed by atoms with Crippen LogP contribution in [-0.2, 0) is 4.84 Å². The third-order valence-corrected chi connectivity index (χ3v) is 3.65. The smallest absolute Gasteiger partial charge is 0.163 e. The Balaban J connectivity index is 1.96. The third-order valence-electron chi connectivity index (χ3n) is 3.65. The van der Waals surface area contributed by atoms with Crippen LogP contribution in [0.15, 0.2) is 5.16 Å². The summed E-state index contributed by atoms with van der Waals surface area (Å²) in [6.45, 7) is 4.26. The predicted molar refractivity (Wildman–Crippen MR) is 74.7 cm³/mol. The molecule has 0 unspecified atom stereocenters. The predicted octanol–water partition coefficient (Wildman–Crippen LogP) is 5.02. The second-order valence-electron chi connectivity index (χ2n) is 5.29. The summed E-state index contributed by atoms with van der Waals surface area (Å²) in [6, 6.07) is 0. The first-order valence-corrected chi connectivity index (χ1v) is 7.63. The van der Waals surface area contributed by atoms with E-state index in [1.807, 2.05) is 6.92 Å². The van der Waals surface area contributed by atoms with Gasteiger partial charge in [0.15, 0.2) is 6.10 Å². The van der Waals surface area contributed by atoms with Gasteiger partial charge in [-0.25, -0.2) is 4.39 Å². The highest BCUT2D eigenvalue weighted by atomic mass is 19.1. The van der Waals surface area contributed by atoms with Crippen molar-refractivity contribution in [2.45, 2.75) is 90.3 Å². The van der Waals surface area contributed by atoms with Gasteiger partial charge in [-0.2, -0.15) is 0 Å². The Hall–Kier alpha value is -0.600. The molecule has 0 fully saturated rings. The lowest BCUT2D eigenvalue weighted by molar-refractivity contribution is 0.0191. The lowest BCUT2D eigenvalue weighted by Gasteiger charge is -2.13. The summed E-state index contributed by atoms with van der Waals surface area (Å²) in [5.74, 6) is 0. The normalized spacial score (nSPS) is 20.6. The average molecular weight is 257 g/mol. The number of oxime groups is 1. The second-order valence-corrected chi connectivity index (χ2v) is 5.29. The number of nitrogens with zero attached hydrogens (tertiary/aromatic N) is 1. The van der Waals surface area contributed by atoms with Crippen molar-refractivity contribution in [1.82, 2.24) is 0 Å². The van der Waals surface area contributed by atoms with E-state index in [-0.39, 0.29) is 6.10 Å². The molecule has 0 spiro atoms. The topological polar surface area (TPSA) is 21.6 Å². The highest BCUT2D eigenvalue weighted by Gasteiger charge is 2.28. The summed E-state index contributed by atoms with van der Waals surface area (Å²) in [5, 5.41) is 3.91. The van der Waals surface area contributed by atoms with Gasteiger partial charge in [0.1, 0.15) is 6.17 Å². The number of unbranched alkanes of at least 4 members (excludes halogenated alkanes) is 6. The molecule has 0 aromatic heterocycles. The number of halogens is 1. The molecular weight excluding hydrogens is 229 g/mol. The first-order valence-electron chi connectivity index (χ1n) is 7.63. The summed E-state index contributed by atoms with van der Waals surface area (Å²) < 4.78 is 13.8. The van der Waals surface area contributed by atoms with Gasteiger partial charge in [0.05, 0.1) is 5.71 Å². The summed E-state index contributed by atoms with van der Waals surface area (Å²) in [5.41, 5.74) is 1.00. The van der Waals surface area contributed by atoms with Crippen molar-refractivity contribution in [3.8, 4) is 0 Å². The van der Waals surface area contributed by atoms with Crippen molar-refractivity contribution >= 4 is 5.71 Å². The Kier molecular flexibility index (Phi) is 8.03. The van der Waals surface area contributed by atoms with E-state index in [1.165, 1.54) is 32.1 Å². The van der Waals surface area contributed by atoms with Crippen molar-refractivity contribution < 1.29 is 9.23 Å². The zero-order chi connectivity index (χ0) is 13.2. The minimum absolute atomic E-state index is 0.306. The zero-order valence-corrected chi connectivity index (χ0v) is 12.0. The quantitative estimate of drug-likeness (QED) is 0.503. The summed E-state index contributed by atoms with van der Waals surface area (Å²) in [4.78, 5) is 5.14. The monoisotopic (exact) mass is 257 g/mol. The molecule has 106 valence electrons. The molecule has 2 atom stereocenters. The zero-order valence-electron chi connectivity index (χ0n) is 12.0. The average Bonchev–Trinajstić information content (AvgIpc) is 2.86. The summed E-state index contributed by atoms with van der Waals surface area (Å²) in [7, 11) is 0. The van der Waals surface area contributed by atoms with Crippen LogP contribution in [0.1, 0.15) is 78.1 Å². The van der Waals surface area contributed by atoms with Gasteiger partial charge in [-0.3, -0.25) is 0 Å². The molecule has 0 radical (unpaired) electrons. The molecule has 0 saturated carbocycles. The maximum absolute atomic E-state index is 13.8. The maximum atomic E-state index is 13.8. The van der Waals surface area contributed by atoms with E-state index in [4.69, 9.17) is 4.84 Å². The van der Waals surface area contributed by atoms with E-state index < -0.39 is 6.17 Å². The molecule has 0 bridgehead atoms. The van der Waals surface area contributed by atoms with Gasteiger partial charge in [0, 0.05) is 6.42 Å². The second kappa shape index (κ2) is 9.35. The van der Waals surface area contributed by atoms with Gasteiger partial charge in [0.2, 0.25) is 0 Å². The van der Waals surface area contributed by atoms with Crippen LogP contribution in [0, 0.1) is 0 Å². The van der Waals surface area contributed by atoms with Crippen LogP contribution < -0.4 is 0 Å². The molecule has 1 aliphatic rings. The van der Waals surface area contributed by atoms with Gasteiger partial charge < -0.3 is 4.84 Å². The molecule has 2 nitrogen and oxygen atoms in total. The fourth-order valence-electron chi connectivity index (χ4n) is 2.33. The molecule has 18 heavy (non-hydrogen) atoms. The van der Waals surface area contributed by atoms with E-state index in [2.05, 4.69) is 12.1 Å². The van der Waals surface area contributed by atoms with Gasteiger partial charge in [-0.1, -0.05) is 63.9 Å². The molecular formula is C15H28FNO. The standard InChI is InChI=1S/C15H28FNO/c1-3-5-6-7-8-9-10-11-14(16)15-12-13(4-2)17-18-15/h14-15H,3-12H2,1-2H3/t14-,15+/m0/s1. The third kappa shape index (κ3) is 5.83. The molecule has 0 N–H and O–H groups in total. The Morgan fingerprint density at radius 3 is 2.44 bits per heavy atom. The number of hydrogen-bond acceptors (Lipinski definition) is 2. The van der Waals surface area contributed by atoms with Crippen molar-refractivity contribution in [3.63, 3.8) is 0 Å². The van der Waals surface area contributed by atoms with Gasteiger partial charge in [-0.05, 0) is 12.8 Å². The lowest BCUT2D eigenvalue weighted by Crippen LogP contribution is -2.22. The first-order chi connectivity index (χ1) is 8.77. The van der Waals surface area contributed by atoms with E-state index in [9.17, 15) is 4.39 Å². The van der Waals surface area contributed by atoms with E-state index in [0.29, 0.717) is 12.8 Å². The minimum Gasteiger partial charge on any atom is -0.389 e. The lowest BCUT2D eigenvalue weighted by atomic mass is 10.0. The van der Waals surface area contributed by atoms with Crippen molar-refractivity contribution in [2.24, 2.45) is 5.16 Å². The van der Waals surface area contributed by atoms with E-state index in [1.54, 1.807) is 0 Å². The van der Waals surface area contributed by atoms with Crippen LogP contribution in [0.5, 0.6) is 0 Å². The SMILES string of the molecule is CCCCCCCCC[C@H](F)[C@H]1CC(CC)=NO1. The fraction of sp³-hybridized carbons (Fsp3) is 0.933. The summed E-state index contributed by atoms with van der Waals surface area (Å²) in [6.07, 6.45) is 9.67. The molecule has 0 saturated heterocycles. The van der Waals surface area contributed by atoms with Crippen LogP contribution in [0.25, 0.3) is 0 Å². The van der Waals surface area contributed by atoms with Crippen LogP contribution in [0.2, 0.25) is 0 Å². The largest absolute Gasteiger partial charge is 0.389 e. The minimum atomic E-state index is -0.839. The Bertz CT molecular complexity index is 243. The maximum Gasteiger partial charge on any atom is 0.163 e. The highest BCUT2D eigenvalue weighted by Crippen LogP contribution is 2.22. The fourth-order valence-corrected chi connectivity index (χ4v) is 2.33. The Morgan fingerprint density at radius 2 is 1.83 bits per heavy atom. The van der Waals surface area contributed by atoms with Gasteiger partial charge in [-0.15, -0.1) is 0 Å². The van der Waals surface area contributed by atoms with Crippen LogP contribution in [-0.4, -0.2) is 18.0 Å². The van der Waals surface area contributed by atoms with Crippen LogP contribution in [0.4, 0.5) is 4.39 Å². The first kappa shape index (κ1) is 15.5. The molecule has 0 amide bonds. The van der Waals surface area contributed by atoms with Crippen molar-refractivity contribution in [1.29, 1.82) is 0 Å². The molecule has 0 aliphatic carbocycles. The van der Waals surface area contributed by atoms with Crippen molar-refractivity contribution in [3.05, 3.63) is 0 Å².